The normalized spacial score (nSPS) is 10.7. The molecule has 3 rings (SSSR count). The van der Waals surface area contributed by atoms with Gasteiger partial charge in [-0.2, -0.15) is 5.10 Å². The van der Waals surface area contributed by atoms with Crippen molar-refractivity contribution in [3.63, 3.8) is 0 Å². The average molecular weight is 544 g/mol. The number of nitrogens with one attached hydrogen (secondary N) is 2. The first kappa shape index (κ1) is 27.8. The smallest absolute Gasteiger partial charge is 0.271 e. The molecule has 0 radical (unpaired) electrons. The lowest BCUT2D eigenvalue weighted by Crippen LogP contribution is -2.20. The topological polar surface area (TPSA) is 98.3 Å². The second-order valence-electron chi connectivity index (χ2n) is 7.75. The van der Waals surface area contributed by atoms with E-state index in [4.69, 9.17) is 37.4 Å². The summed E-state index contributed by atoms with van der Waals surface area (Å²) >= 11 is 12.6. The third kappa shape index (κ3) is 8.13. The second-order valence-corrected chi connectivity index (χ2v) is 8.56. The van der Waals surface area contributed by atoms with Crippen molar-refractivity contribution < 1.29 is 23.8 Å². The molecule has 3 aromatic carbocycles. The van der Waals surface area contributed by atoms with Gasteiger partial charge in [0.1, 0.15) is 0 Å². The Morgan fingerprint density at radius 3 is 2.30 bits per heavy atom. The Hall–Kier alpha value is -3.75. The Kier molecular flexibility index (Phi) is 10.2. The highest BCUT2D eigenvalue weighted by Gasteiger charge is 2.13. The van der Waals surface area contributed by atoms with Gasteiger partial charge in [-0.1, -0.05) is 35.3 Å². The molecule has 0 unspecified atom stereocenters. The summed E-state index contributed by atoms with van der Waals surface area (Å²) in [6.45, 7) is 6.28. The van der Waals surface area contributed by atoms with E-state index in [0.717, 1.165) is 5.56 Å². The van der Waals surface area contributed by atoms with Crippen LogP contribution >= 0.6 is 23.2 Å². The van der Waals surface area contributed by atoms with E-state index < -0.39 is 5.91 Å². The molecule has 0 heterocycles. The van der Waals surface area contributed by atoms with Crippen molar-refractivity contribution in [2.45, 2.75) is 20.8 Å². The zero-order chi connectivity index (χ0) is 26.8. The second kappa shape index (κ2) is 13.5. The third-order valence-electron chi connectivity index (χ3n) is 4.86. The summed E-state index contributed by atoms with van der Waals surface area (Å²) in [5, 5.41) is 7.10. The maximum atomic E-state index is 12.5. The van der Waals surface area contributed by atoms with E-state index in [0.29, 0.717) is 41.5 Å². The fraction of sp³-hybridized carbons (Fsp3) is 0.222. The largest absolute Gasteiger partial charge is 0.490 e. The fourth-order valence-corrected chi connectivity index (χ4v) is 3.88. The standard InChI is InChI=1S/C27H27Cl2N3O5/c1-4-35-23-10-9-19(14-24(23)36-5-2)27(34)32-30-15-18-12-21(28)26(22(29)13-18)37-16-25(33)31-20-8-6-7-17(3)11-20/h6-15H,4-5,16H2,1-3H3,(H,31,33)(H,32,34)/b30-15+. The highest BCUT2D eigenvalue weighted by atomic mass is 35.5. The van der Waals surface area contributed by atoms with Crippen LogP contribution in [0.3, 0.4) is 0 Å². The summed E-state index contributed by atoms with van der Waals surface area (Å²) in [5.74, 6) is 0.415. The van der Waals surface area contributed by atoms with Crippen LogP contribution in [0.15, 0.2) is 59.7 Å². The number of carbonyl (C=O) groups excluding carboxylic acids is 2. The van der Waals surface area contributed by atoms with Gasteiger partial charge in [0.05, 0.1) is 29.5 Å². The molecule has 0 saturated carbocycles. The number of hydrogen-bond donors (Lipinski definition) is 2. The maximum absolute atomic E-state index is 12.5. The highest BCUT2D eigenvalue weighted by molar-refractivity contribution is 6.37. The van der Waals surface area contributed by atoms with Crippen LogP contribution in [-0.2, 0) is 4.79 Å². The van der Waals surface area contributed by atoms with Crippen LogP contribution in [0.25, 0.3) is 0 Å². The van der Waals surface area contributed by atoms with Crippen LogP contribution < -0.4 is 25.0 Å². The average Bonchev–Trinajstić information content (AvgIpc) is 2.85. The first-order valence-corrected chi connectivity index (χ1v) is 12.3. The molecule has 0 spiro atoms. The summed E-state index contributed by atoms with van der Waals surface area (Å²) in [5.41, 5.74) is 5.02. The summed E-state index contributed by atoms with van der Waals surface area (Å²) < 4.78 is 16.6. The minimum absolute atomic E-state index is 0.168. The van der Waals surface area contributed by atoms with Crippen LogP contribution in [0.2, 0.25) is 10.0 Å². The van der Waals surface area contributed by atoms with Crippen molar-refractivity contribution in [3.8, 4) is 17.2 Å². The number of hydrogen-bond acceptors (Lipinski definition) is 6. The minimum Gasteiger partial charge on any atom is -0.490 e. The molecular formula is C27H27Cl2N3O5. The quantitative estimate of drug-likeness (QED) is 0.232. The number of rotatable bonds is 11. The molecule has 37 heavy (non-hydrogen) atoms. The van der Waals surface area contributed by atoms with Crippen molar-refractivity contribution in [1.29, 1.82) is 0 Å². The molecule has 0 aromatic heterocycles. The molecule has 0 saturated heterocycles. The number of hydrazone groups is 1. The predicted octanol–water partition coefficient (Wildman–Crippen LogP) is 5.88. The van der Waals surface area contributed by atoms with Gasteiger partial charge in [-0.05, 0) is 74.4 Å². The molecule has 0 aliphatic heterocycles. The Labute approximate surface area is 225 Å². The van der Waals surface area contributed by atoms with E-state index in [1.807, 2.05) is 39.0 Å². The Morgan fingerprint density at radius 2 is 1.62 bits per heavy atom. The van der Waals surface area contributed by atoms with Gasteiger partial charge in [-0.25, -0.2) is 5.43 Å². The van der Waals surface area contributed by atoms with Gasteiger partial charge in [0.25, 0.3) is 11.8 Å². The zero-order valence-corrected chi connectivity index (χ0v) is 22.2. The molecule has 194 valence electrons. The van der Waals surface area contributed by atoms with Crippen LogP contribution in [0.1, 0.15) is 35.3 Å². The number of ether oxygens (including phenoxy) is 3. The van der Waals surface area contributed by atoms with Crippen LogP contribution in [-0.4, -0.2) is 37.8 Å². The Morgan fingerprint density at radius 1 is 0.919 bits per heavy atom. The van der Waals surface area contributed by atoms with Crippen molar-refractivity contribution in [2.75, 3.05) is 25.1 Å². The molecule has 0 bridgehead atoms. The van der Waals surface area contributed by atoms with E-state index in [2.05, 4.69) is 15.8 Å². The maximum Gasteiger partial charge on any atom is 0.271 e. The summed E-state index contributed by atoms with van der Waals surface area (Å²) in [6, 6.07) is 15.4. The number of nitrogens with zero attached hydrogens (tertiary/aromatic N) is 1. The van der Waals surface area contributed by atoms with Gasteiger partial charge in [-0.3, -0.25) is 9.59 Å². The predicted molar refractivity (Wildman–Crippen MR) is 146 cm³/mol. The van der Waals surface area contributed by atoms with E-state index in [1.54, 1.807) is 36.4 Å². The number of halogens is 2. The van der Waals surface area contributed by atoms with Crippen molar-refractivity contribution in [3.05, 3.63) is 81.3 Å². The molecule has 8 nitrogen and oxygen atoms in total. The number of benzene rings is 3. The number of carbonyl (C=O) groups is 2. The number of anilines is 1. The summed E-state index contributed by atoms with van der Waals surface area (Å²) in [7, 11) is 0. The zero-order valence-electron chi connectivity index (χ0n) is 20.6. The number of aryl methyl sites for hydroxylation is 1. The van der Waals surface area contributed by atoms with Crippen LogP contribution in [0.5, 0.6) is 17.2 Å². The van der Waals surface area contributed by atoms with E-state index >= 15 is 0 Å². The van der Waals surface area contributed by atoms with Gasteiger partial charge in [-0.15, -0.1) is 0 Å². The molecule has 0 fully saturated rings. The van der Waals surface area contributed by atoms with Crippen molar-refractivity contribution in [1.82, 2.24) is 5.43 Å². The molecule has 3 aromatic rings. The van der Waals surface area contributed by atoms with E-state index in [-0.39, 0.29) is 28.3 Å². The van der Waals surface area contributed by atoms with Crippen LogP contribution in [0, 0.1) is 6.92 Å². The lowest BCUT2D eigenvalue weighted by molar-refractivity contribution is -0.118. The van der Waals surface area contributed by atoms with E-state index in [1.165, 1.54) is 6.21 Å². The lowest BCUT2D eigenvalue weighted by atomic mass is 10.2. The minimum atomic E-state index is -0.433. The molecule has 2 amide bonds. The molecule has 0 aliphatic carbocycles. The first-order valence-electron chi connectivity index (χ1n) is 11.5. The third-order valence-corrected chi connectivity index (χ3v) is 5.42. The molecule has 0 atom stereocenters. The van der Waals surface area contributed by atoms with Crippen LogP contribution in [0.4, 0.5) is 5.69 Å². The fourth-order valence-electron chi connectivity index (χ4n) is 3.27. The van der Waals surface area contributed by atoms with Gasteiger partial charge in [0.2, 0.25) is 0 Å². The molecule has 10 heteroatoms. The Bertz CT molecular complexity index is 1270. The molecule has 2 N–H and O–H groups in total. The highest BCUT2D eigenvalue weighted by Crippen LogP contribution is 2.34. The molecular weight excluding hydrogens is 517 g/mol. The Balaban J connectivity index is 1.60. The van der Waals surface area contributed by atoms with E-state index in [9.17, 15) is 9.59 Å². The SMILES string of the molecule is CCOc1ccc(C(=O)N/N=C/c2cc(Cl)c(OCC(=O)Nc3cccc(C)c3)c(Cl)c2)cc1OCC. The van der Waals surface area contributed by atoms with Crippen molar-refractivity contribution >= 4 is 46.9 Å². The summed E-state index contributed by atoms with van der Waals surface area (Å²) in [6.07, 6.45) is 1.39. The van der Waals surface area contributed by atoms with Crippen molar-refractivity contribution in [2.24, 2.45) is 5.10 Å². The first-order chi connectivity index (χ1) is 17.8. The molecule has 0 aliphatic rings. The van der Waals surface area contributed by atoms with Gasteiger partial charge >= 0.3 is 0 Å². The summed E-state index contributed by atoms with van der Waals surface area (Å²) in [4.78, 5) is 24.7. The lowest BCUT2D eigenvalue weighted by Gasteiger charge is -2.12. The monoisotopic (exact) mass is 543 g/mol. The van der Waals surface area contributed by atoms with Gasteiger partial charge < -0.3 is 19.5 Å². The van der Waals surface area contributed by atoms with Gasteiger partial charge in [0, 0.05) is 11.3 Å². The van der Waals surface area contributed by atoms with Gasteiger partial charge in [0.15, 0.2) is 23.9 Å². The number of amides is 2.